The van der Waals surface area contributed by atoms with Crippen molar-refractivity contribution in [3.05, 3.63) is 43.7 Å². The van der Waals surface area contributed by atoms with Crippen LogP contribution in [0.15, 0.2) is 28.9 Å². The Balaban J connectivity index is 2.58. The van der Waals surface area contributed by atoms with E-state index in [-0.39, 0.29) is 0 Å². The molecule has 2 aromatic rings. The zero-order chi connectivity index (χ0) is 14.0. The van der Waals surface area contributed by atoms with Gasteiger partial charge in [0, 0.05) is 0 Å². The van der Waals surface area contributed by atoms with Gasteiger partial charge in [0.1, 0.15) is 4.60 Å². The summed E-state index contributed by atoms with van der Waals surface area (Å²) in [5, 5.41) is 13.0. The molecule has 5 nitrogen and oxygen atoms in total. The molecule has 7 heteroatoms. The van der Waals surface area contributed by atoms with Gasteiger partial charge in [-0.25, -0.2) is 9.48 Å². The largest absolute Gasteiger partial charge is 0.464 e. The third kappa shape index (κ3) is 2.64. The lowest BCUT2D eigenvalue weighted by Crippen LogP contribution is -2.11. The molecular formula is C12H7BrIN3O2. The van der Waals surface area contributed by atoms with Crippen molar-refractivity contribution in [2.75, 3.05) is 7.11 Å². The van der Waals surface area contributed by atoms with Crippen LogP contribution in [-0.4, -0.2) is 22.9 Å². The number of hydrogen-bond donors (Lipinski definition) is 0. The molecule has 2 rings (SSSR count). The summed E-state index contributed by atoms with van der Waals surface area (Å²) >= 11 is 5.31. The third-order valence-electron chi connectivity index (χ3n) is 2.41. The van der Waals surface area contributed by atoms with E-state index in [2.05, 4.69) is 21.0 Å². The maximum atomic E-state index is 11.8. The summed E-state index contributed by atoms with van der Waals surface area (Å²) in [6, 6.07) is 8.82. The van der Waals surface area contributed by atoms with Crippen LogP contribution in [0.25, 0.3) is 5.69 Å². The highest BCUT2D eigenvalue weighted by molar-refractivity contribution is 14.1. The maximum Gasteiger partial charge on any atom is 0.357 e. The molecule has 0 bridgehead atoms. The van der Waals surface area contributed by atoms with Crippen LogP contribution in [0.3, 0.4) is 0 Å². The Labute approximate surface area is 131 Å². The number of ether oxygens (including phenoxy) is 1. The zero-order valence-electron chi connectivity index (χ0n) is 9.72. The van der Waals surface area contributed by atoms with Gasteiger partial charge in [0.2, 0.25) is 0 Å². The molecule has 19 heavy (non-hydrogen) atoms. The van der Waals surface area contributed by atoms with E-state index in [1.807, 2.05) is 28.7 Å². The molecule has 0 unspecified atom stereocenters. The molecule has 0 amide bonds. The average Bonchev–Trinajstić information content (AvgIpc) is 2.74. The van der Waals surface area contributed by atoms with Gasteiger partial charge in [0.25, 0.3) is 0 Å². The summed E-state index contributed by atoms with van der Waals surface area (Å²) in [7, 11) is 1.32. The lowest BCUT2D eigenvalue weighted by Gasteiger charge is -2.06. The first kappa shape index (κ1) is 14.0. The Morgan fingerprint density at radius 2 is 2.11 bits per heavy atom. The van der Waals surface area contributed by atoms with Crippen molar-refractivity contribution in [1.82, 2.24) is 9.78 Å². The number of aromatic nitrogens is 2. The molecule has 0 aliphatic rings. The zero-order valence-corrected chi connectivity index (χ0v) is 13.5. The van der Waals surface area contributed by atoms with Crippen molar-refractivity contribution in [2.45, 2.75) is 0 Å². The standard InChI is InChI=1S/C12H7BrIN3O2/c1-19-12(18)10-9(14)11(13)16-17(10)8-4-2-7(6-15)3-5-8/h2-5H,1H3. The van der Waals surface area contributed by atoms with E-state index in [1.54, 1.807) is 24.3 Å². The summed E-state index contributed by atoms with van der Waals surface area (Å²) in [4.78, 5) is 11.8. The number of benzene rings is 1. The minimum Gasteiger partial charge on any atom is -0.464 e. The summed E-state index contributed by atoms with van der Waals surface area (Å²) in [5.74, 6) is -0.466. The normalized spacial score (nSPS) is 10.0. The van der Waals surface area contributed by atoms with Crippen molar-refractivity contribution in [3.63, 3.8) is 0 Å². The van der Waals surface area contributed by atoms with Gasteiger partial charge >= 0.3 is 5.97 Å². The van der Waals surface area contributed by atoms with Crippen LogP contribution in [0.5, 0.6) is 0 Å². The minimum absolute atomic E-state index is 0.347. The Hall–Kier alpha value is -1.40. The van der Waals surface area contributed by atoms with Crippen LogP contribution in [0, 0.1) is 14.9 Å². The molecule has 0 spiro atoms. The fraction of sp³-hybridized carbons (Fsp3) is 0.0833. The highest BCUT2D eigenvalue weighted by Gasteiger charge is 2.22. The van der Waals surface area contributed by atoms with Gasteiger partial charge in [-0.2, -0.15) is 10.4 Å². The SMILES string of the molecule is COC(=O)c1c(I)c(Br)nn1-c1ccc(C#N)cc1. The molecule has 0 N–H and O–H groups in total. The molecule has 0 aliphatic carbocycles. The van der Waals surface area contributed by atoms with Gasteiger partial charge in [-0.05, 0) is 62.8 Å². The predicted molar refractivity (Wildman–Crippen MR) is 80.0 cm³/mol. The molecule has 1 heterocycles. The summed E-state index contributed by atoms with van der Waals surface area (Å²) in [6.45, 7) is 0. The summed E-state index contributed by atoms with van der Waals surface area (Å²) < 4.78 is 7.49. The number of carbonyl (C=O) groups is 1. The van der Waals surface area contributed by atoms with Gasteiger partial charge in [-0.15, -0.1) is 0 Å². The molecule has 0 saturated heterocycles. The van der Waals surface area contributed by atoms with E-state index >= 15 is 0 Å². The molecule has 0 fully saturated rings. The monoisotopic (exact) mass is 431 g/mol. The van der Waals surface area contributed by atoms with Crippen molar-refractivity contribution < 1.29 is 9.53 Å². The van der Waals surface area contributed by atoms with Gasteiger partial charge in [-0.3, -0.25) is 0 Å². The number of nitrogens with zero attached hydrogens (tertiary/aromatic N) is 3. The molecule has 1 aromatic heterocycles. The Morgan fingerprint density at radius 3 is 2.63 bits per heavy atom. The van der Waals surface area contributed by atoms with Gasteiger partial charge in [0.15, 0.2) is 5.69 Å². The number of carbonyl (C=O) groups excluding carboxylic acids is 1. The first-order valence-corrected chi connectivity index (χ1v) is 6.98. The first-order valence-electron chi connectivity index (χ1n) is 5.11. The van der Waals surface area contributed by atoms with Crippen LogP contribution in [-0.2, 0) is 4.74 Å². The summed E-state index contributed by atoms with van der Waals surface area (Å²) in [5.41, 5.74) is 1.58. The number of halogens is 2. The average molecular weight is 432 g/mol. The molecular weight excluding hydrogens is 425 g/mol. The van der Waals surface area contributed by atoms with Crippen molar-refractivity contribution in [2.24, 2.45) is 0 Å². The van der Waals surface area contributed by atoms with Crippen LogP contribution in [0.1, 0.15) is 16.1 Å². The first-order chi connectivity index (χ1) is 9.08. The van der Waals surface area contributed by atoms with Gasteiger partial charge in [0.05, 0.1) is 28.0 Å². The number of methoxy groups -OCH3 is 1. The number of hydrogen-bond acceptors (Lipinski definition) is 4. The number of nitriles is 1. The van der Waals surface area contributed by atoms with Crippen LogP contribution >= 0.6 is 38.5 Å². The highest BCUT2D eigenvalue weighted by atomic mass is 127. The minimum atomic E-state index is -0.466. The van der Waals surface area contributed by atoms with Gasteiger partial charge in [-0.1, -0.05) is 0 Å². The molecule has 0 saturated carbocycles. The molecule has 0 aliphatic heterocycles. The fourth-order valence-electron chi connectivity index (χ4n) is 1.51. The lowest BCUT2D eigenvalue weighted by atomic mass is 10.2. The van der Waals surface area contributed by atoms with Gasteiger partial charge < -0.3 is 4.74 Å². The van der Waals surface area contributed by atoms with Crippen LogP contribution < -0.4 is 0 Å². The molecule has 0 radical (unpaired) electrons. The van der Waals surface area contributed by atoms with E-state index in [1.165, 1.54) is 11.8 Å². The highest BCUT2D eigenvalue weighted by Crippen LogP contribution is 2.25. The number of esters is 1. The van der Waals surface area contributed by atoms with E-state index in [4.69, 9.17) is 10.00 Å². The molecule has 0 atom stereocenters. The fourth-order valence-corrected chi connectivity index (χ4v) is 2.41. The smallest absolute Gasteiger partial charge is 0.357 e. The Kier molecular flexibility index (Phi) is 4.21. The molecule has 1 aromatic carbocycles. The maximum absolute atomic E-state index is 11.8. The van der Waals surface area contributed by atoms with Crippen LogP contribution in [0.2, 0.25) is 0 Å². The third-order valence-corrected chi connectivity index (χ3v) is 4.73. The Bertz CT molecular complexity index is 674. The van der Waals surface area contributed by atoms with Crippen molar-refractivity contribution >= 4 is 44.5 Å². The topological polar surface area (TPSA) is 67.9 Å². The van der Waals surface area contributed by atoms with E-state index in [0.717, 1.165) is 0 Å². The second-order valence-corrected chi connectivity index (χ2v) is 5.35. The number of rotatable bonds is 2. The van der Waals surface area contributed by atoms with Crippen LogP contribution in [0.4, 0.5) is 0 Å². The second kappa shape index (κ2) is 5.71. The van der Waals surface area contributed by atoms with E-state index in [9.17, 15) is 4.79 Å². The van der Waals surface area contributed by atoms with E-state index in [0.29, 0.717) is 25.1 Å². The Morgan fingerprint density at radius 1 is 1.47 bits per heavy atom. The molecule has 96 valence electrons. The van der Waals surface area contributed by atoms with Crippen molar-refractivity contribution in [3.8, 4) is 11.8 Å². The summed E-state index contributed by atoms with van der Waals surface area (Å²) in [6.07, 6.45) is 0. The second-order valence-electron chi connectivity index (χ2n) is 3.52. The van der Waals surface area contributed by atoms with Crippen molar-refractivity contribution in [1.29, 1.82) is 5.26 Å². The predicted octanol–water partition coefficient (Wildman–Crippen LogP) is 2.90. The quantitative estimate of drug-likeness (QED) is 0.541. The lowest BCUT2D eigenvalue weighted by molar-refractivity contribution is 0.0589. The van der Waals surface area contributed by atoms with E-state index < -0.39 is 5.97 Å².